The first-order valence-electron chi connectivity index (χ1n) is 4.39. The quantitative estimate of drug-likeness (QED) is 0.603. The van der Waals surface area contributed by atoms with Crippen molar-refractivity contribution in [1.29, 1.82) is 0 Å². The van der Waals surface area contributed by atoms with Crippen molar-refractivity contribution in [2.24, 2.45) is 5.92 Å². The van der Waals surface area contributed by atoms with Crippen LogP contribution in [0.25, 0.3) is 0 Å². The molecule has 0 aromatic rings. The van der Waals surface area contributed by atoms with E-state index in [1.165, 1.54) is 0 Å². The maximum Gasteiger partial charge on any atom is 0.314 e. The van der Waals surface area contributed by atoms with Crippen molar-refractivity contribution in [3.8, 4) is 0 Å². The van der Waals surface area contributed by atoms with Gasteiger partial charge in [0.25, 0.3) is 0 Å². The zero-order valence-electron chi connectivity index (χ0n) is 8.24. The molecule has 76 valence electrons. The minimum Gasteiger partial charge on any atom is -0.460 e. The van der Waals surface area contributed by atoms with Crippen LogP contribution >= 0.6 is 0 Å². The Balaban J connectivity index is 2.48. The van der Waals surface area contributed by atoms with Crippen molar-refractivity contribution in [2.45, 2.75) is 32.5 Å². The van der Waals surface area contributed by atoms with Gasteiger partial charge in [-0.2, -0.15) is 0 Å². The molecule has 1 aliphatic rings. The van der Waals surface area contributed by atoms with Gasteiger partial charge in [0.15, 0.2) is 0 Å². The van der Waals surface area contributed by atoms with Crippen molar-refractivity contribution in [2.75, 3.05) is 13.2 Å². The molecule has 0 aromatic heterocycles. The minimum atomic E-state index is -0.713. The van der Waals surface area contributed by atoms with Crippen LogP contribution in [0.5, 0.6) is 0 Å². The highest BCUT2D eigenvalue weighted by Crippen LogP contribution is 2.18. The SMILES string of the molecule is CC(C)(C)OC(=O)[C@@H]1COC[C@@H]1O. The predicted octanol–water partition coefficient (Wildman–Crippen LogP) is 0.335. The van der Waals surface area contributed by atoms with Crippen LogP contribution < -0.4 is 0 Å². The molecule has 0 bridgehead atoms. The fourth-order valence-electron chi connectivity index (χ4n) is 1.15. The molecule has 1 heterocycles. The first-order valence-corrected chi connectivity index (χ1v) is 4.39. The summed E-state index contributed by atoms with van der Waals surface area (Å²) in [6, 6.07) is 0. The lowest BCUT2D eigenvalue weighted by atomic mass is 10.1. The maximum absolute atomic E-state index is 11.4. The second kappa shape index (κ2) is 3.64. The molecule has 0 amide bonds. The van der Waals surface area contributed by atoms with Crippen molar-refractivity contribution < 1.29 is 19.4 Å². The van der Waals surface area contributed by atoms with Crippen LogP contribution in [0.3, 0.4) is 0 Å². The van der Waals surface area contributed by atoms with Crippen LogP contribution in [0.1, 0.15) is 20.8 Å². The molecule has 0 aliphatic carbocycles. The summed E-state index contributed by atoms with van der Waals surface area (Å²) in [6.45, 7) is 5.88. The Morgan fingerprint density at radius 2 is 2.08 bits per heavy atom. The van der Waals surface area contributed by atoms with Gasteiger partial charge in [0.05, 0.1) is 19.3 Å². The van der Waals surface area contributed by atoms with E-state index < -0.39 is 17.6 Å². The number of rotatable bonds is 1. The summed E-state index contributed by atoms with van der Waals surface area (Å²) in [7, 11) is 0. The Bertz CT molecular complexity index is 194. The third-order valence-corrected chi connectivity index (χ3v) is 1.76. The molecule has 4 heteroatoms. The molecule has 1 rings (SSSR count). The van der Waals surface area contributed by atoms with Gasteiger partial charge < -0.3 is 14.6 Å². The summed E-state index contributed by atoms with van der Waals surface area (Å²) in [5.41, 5.74) is -0.501. The third-order valence-electron chi connectivity index (χ3n) is 1.76. The van der Waals surface area contributed by atoms with Gasteiger partial charge in [-0.25, -0.2) is 0 Å². The van der Waals surface area contributed by atoms with E-state index in [1.54, 1.807) is 20.8 Å². The van der Waals surface area contributed by atoms with Crippen LogP contribution in [0.15, 0.2) is 0 Å². The van der Waals surface area contributed by atoms with Gasteiger partial charge in [0.1, 0.15) is 11.5 Å². The molecule has 0 unspecified atom stereocenters. The van der Waals surface area contributed by atoms with E-state index in [2.05, 4.69) is 0 Å². The number of carbonyl (C=O) groups excluding carboxylic acids is 1. The van der Waals surface area contributed by atoms with Gasteiger partial charge in [-0.05, 0) is 20.8 Å². The Kier molecular flexibility index (Phi) is 2.93. The van der Waals surface area contributed by atoms with Crippen LogP contribution in [0.2, 0.25) is 0 Å². The monoisotopic (exact) mass is 188 g/mol. The van der Waals surface area contributed by atoms with E-state index in [9.17, 15) is 9.90 Å². The van der Waals surface area contributed by atoms with Crippen molar-refractivity contribution >= 4 is 5.97 Å². The summed E-state index contributed by atoms with van der Waals surface area (Å²) in [4.78, 5) is 11.4. The standard InChI is InChI=1S/C9H16O4/c1-9(2,3)13-8(11)6-4-12-5-7(6)10/h6-7,10H,4-5H2,1-3H3/t6-,7+/m1/s1. The lowest BCUT2D eigenvalue weighted by Crippen LogP contribution is -2.34. The molecule has 13 heavy (non-hydrogen) atoms. The van der Waals surface area contributed by atoms with E-state index in [1.807, 2.05) is 0 Å². The van der Waals surface area contributed by atoms with E-state index in [4.69, 9.17) is 9.47 Å². The van der Waals surface area contributed by atoms with Gasteiger partial charge in [-0.15, -0.1) is 0 Å². The number of carbonyl (C=O) groups is 1. The highest BCUT2D eigenvalue weighted by molar-refractivity contribution is 5.74. The molecule has 2 atom stereocenters. The number of ether oxygens (including phenoxy) is 2. The molecular formula is C9H16O4. The molecule has 1 fully saturated rings. The maximum atomic E-state index is 11.4. The van der Waals surface area contributed by atoms with Crippen molar-refractivity contribution in [3.05, 3.63) is 0 Å². The Hall–Kier alpha value is -0.610. The van der Waals surface area contributed by atoms with Gasteiger partial charge in [0, 0.05) is 0 Å². The van der Waals surface area contributed by atoms with Gasteiger partial charge in [-0.3, -0.25) is 4.79 Å². The summed E-state index contributed by atoms with van der Waals surface area (Å²) < 4.78 is 10.1. The Labute approximate surface area is 77.8 Å². The molecule has 1 aliphatic heterocycles. The van der Waals surface area contributed by atoms with E-state index >= 15 is 0 Å². The smallest absolute Gasteiger partial charge is 0.314 e. The number of hydrogen-bond acceptors (Lipinski definition) is 4. The molecule has 0 saturated carbocycles. The second-order valence-corrected chi connectivity index (χ2v) is 4.24. The van der Waals surface area contributed by atoms with Gasteiger partial charge >= 0.3 is 5.97 Å². The van der Waals surface area contributed by atoms with Crippen LogP contribution in [0, 0.1) is 5.92 Å². The molecule has 0 aromatic carbocycles. The Morgan fingerprint density at radius 3 is 2.46 bits per heavy atom. The summed E-state index contributed by atoms with van der Waals surface area (Å²) in [5, 5.41) is 9.33. The zero-order chi connectivity index (χ0) is 10.1. The zero-order valence-corrected chi connectivity index (χ0v) is 8.24. The number of hydrogen-bond donors (Lipinski definition) is 1. The predicted molar refractivity (Wildman–Crippen MR) is 46.2 cm³/mol. The molecule has 1 N–H and O–H groups in total. The highest BCUT2D eigenvalue weighted by Gasteiger charge is 2.35. The first kappa shape index (κ1) is 10.5. The molecule has 1 saturated heterocycles. The van der Waals surface area contributed by atoms with E-state index in [-0.39, 0.29) is 19.2 Å². The molecule has 0 spiro atoms. The van der Waals surface area contributed by atoms with Crippen LogP contribution in [-0.2, 0) is 14.3 Å². The van der Waals surface area contributed by atoms with Crippen LogP contribution in [-0.4, -0.2) is 36.0 Å². The number of aliphatic hydroxyl groups excluding tert-OH is 1. The third kappa shape index (κ3) is 2.97. The fraction of sp³-hybridized carbons (Fsp3) is 0.889. The van der Waals surface area contributed by atoms with Crippen molar-refractivity contribution in [3.63, 3.8) is 0 Å². The van der Waals surface area contributed by atoms with E-state index in [0.29, 0.717) is 0 Å². The van der Waals surface area contributed by atoms with Crippen LogP contribution in [0.4, 0.5) is 0 Å². The van der Waals surface area contributed by atoms with E-state index in [0.717, 1.165) is 0 Å². The lowest BCUT2D eigenvalue weighted by Gasteiger charge is -2.22. The largest absolute Gasteiger partial charge is 0.460 e. The topological polar surface area (TPSA) is 55.8 Å². The fourth-order valence-corrected chi connectivity index (χ4v) is 1.15. The average molecular weight is 188 g/mol. The van der Waals surface area contributed by atoms with Gasteiger partial charge in [0.2, 0.25) is 0 Å². The summed E-state index contributed by atoms with van der Waals surface area (Å²) in [5.74, 6) is -0.892. The second-order valence-electron chi connectivity index (χ2n) is 4.24. The Morgan fingerprint density at radius 1 is 1.46 bits per heavy atom. The number of aliphatic hydroxyl groups is 1. The number of esters is 1. The molecule has 4 nitrogen and oxygen atoms in total. The first-order chi connectivity index (χ1) is 5.90. The highest BCUT2D eigenvalue weighted by atomic mass is 16.6. The van der Waals surface area contributed by atoms with Gasteiger partial charge in [-0.1, -0.05) is 0 Å². The average Bonchev–Trinajstić information content (AvgIpc) is 2.30. The van der Waals surface area contributed by atoms with Crippen molar-refractivity contribution in [1.82, 2.24) is 0 Å². The lowest BCUT2D eigenvalue weighted by molar-refractivity contribution is -0.162. The minimum absolute atomic E-state index is 0.226. The molecular weight excluding hydrogens is 172 g/mol. The molecule has 0 radical (unpaired) electrons. The summed E-state index contributed by atoms with van der Waals surface area (Å²) in [6.07, 6.45) is -0.713. The normalized spacial score (nSPS) is 28.9. The summed E-state index contributed by atoms with van der Waals surface area (Å²) >= 11 is 0.